The lowest BCUT2D eigenvalue weighted by Gasteiger charge is -2.23. The number of primary amides is 1. The molecule has 1 heterocycles. The number of anilines is 1. The zero-order valence-electron chi connectivity index (χ0n) is 14.3. The first kappa shape index (κ1) is 18.8. The van der Waals surface area contributed by atoms with Crippen molar-refractivity contribution in [3.05, 3.63) is 46.6 Å². The van der Waals surface area contributed by atoms with Crippen LogP contribution in [0.15, 0.2) is 24.3 Å². The molecule has 5 nitrogen and oxygen atoms in total. The Kier molecular flexibility index (Phi) is 5.10. The van der Waals surface area contributed by atoms with Gasteiger partial charge in [-0.25, -0.2) is 4.68 Å². The quantitative estimate of drug-likeness (QED) is 0.863. The molecule has 0 aliphatic rings. The Bertz CT molecular complexity index is 763. The lowest BCUT2D eigenvalue weighted by molar-refractivity contribution is -0.137. The zero-order chi connectivity index (χ0) is 18.9. The monoisotopic (exact) mass is 354 g/mol. The number of aryl methyl sites for hydroxylation is 1. The van der Waals surface area contributed by atoms with E-state index in [4.69, 9.17) is 11.5 Å². The van der Waals surface area contributed by atoms with E-state index in [0.29, 0.717) is 17.7 Å². The standard InChI is InChI=1S/C17H21F3N4O/c1-4-12-13(16(22)25)15(21)24(23-12)14(9(2)3)10-5-7-11(8-6-10)17(18,19)20/h5-9,14H,4,21H2,1-3H3,(H2,22,25). The highest BCUT2D eigenvalue weighted by atomic mass is 19.4. The van der Waals surface area contributed by atoms with E-state index in [9.17, 15) is 18.0 Å². The molecule has 2 rings (SSSR count). The molecule has 1 amide bonds. The summed E-state index contributed by atoms with van der Waals surface area (Å²) in [4.78, 5) is 11.7. The smallest absolute Gasteiger partial charge is 0.383 e. The molecule has 25 heavy (non-hydrogen) atoms. The van der Waals surface area contributed by atoms with Crippen molar-refractivity contribution >= 4 is 11.7 Å². The first-order chi connectivity index (χ1) is 11.6. The van der Waals surface area contributed by atoms with Crippen molar-refractivity contribution in [2.45, 2.75) is 39.4 Å². The van der Waals surface area contributed by atoms with Gasteiger partial charge in [0, 0.05) is 0 Å². The first-order valence-corrected chi connectivity index (χ1v) is 7.91. The van der Waals surface area contributed by atoms with Gasteiger partial charge in [-0.3, -0.25) is 4.79 Å². The van der Waals surface area contributed by atoms with Gasteiger partial charge in [0.05, 0.1) is 17.3 Å². The topological polar surface area (TPSA) is 86.9 Å². The molecule has 0 spiro atoms. The molecule has 0 saturated carbocycles. The van der Waals surface area contributed by atoms with Crippen molar-refractivity contribution in [2.24, 2.45) is 11.7 Å². The van der Waals surface area contributed by atoms with E-state index in [-0.39, 0.29) is 17.3 Å². The highest BCUT2D eigenvalue weighted by Crippen LogP contribution is 2.34. The van der Waals surface area contributed by atoms with Crippen LogP contribution < -0.4 is 11.5 Å². The minimum atomic E-state index is -4.40. The Morgan fingerprint density at radius 2 is 1.80 bits per heavy atom. The number of hydrogen-bond acceptors (Lipinski definition) is 3. The van der Waals surface area contributed by atoms with E-state index < -0.39 is 23.7 Å². The molecule has 8 heteroatoms. The van der Waals surface area contributed by atoms with Gasteiger partial charge in [0.15, 0.2) is 0 Å². The normalized spacial score (nSPS) is 13.2. The fourth-order valence-electron chi connectivity index (χ4n) is 2.90. The molecular weight excluding hydrogens is 333 g/mol. The van der Waals surface area contributed by atoms with Crippen LogP contribution >= 0.6 is 0 Å². The largest absolute Gasteiger partial charge is 0.416 e. The average molecular weight is 354 g/mol. The molecule has 0 aliphatic heterocycles. The summed E-state index contributed by atoms with van der Waals surface area (Å²) in [7, 11) is 0. The summed E-state index contributed by atoms with van der Waals surface area (Å²) in [5.74, 6) is -0.567. The van der Waals surface area contributed by atoms with Crippen molar-refractivity contribution < 1.29 is 18.0 Å². The fraction of sp³-hybridized carbons (Fsp3) is 0.412. The minimum absolute atomic E-state index is 0.0237. The predicted octanol–water partition coefficient (Wildman–Crippen LogP) is 3.39. The lowest BCUT2D eigenvalue weighted by atomic mass is 9.95. The first-order valence-electron chi connectivity index (χ1n) is 7.91. The summed E-state index contributed by atoms with van der Waals surface area (Å²) in [5, 5.41) is 4.39. The molecule has 0 saturated heterocycles. The van der Waals surface area contributed by atoms with Crippen LogP contribution in [0.25, 0.3) is 0 Å². The van der Waals surface area contributed by atoms with Gasteiger partial charge in [0.1, 0.15) is 11.4 Å². The lowest BCUT2D eigenvalue weighted by Crippen LogP contribution is -2.21. The second kappa shape index (κ2) is 6.78. The maximum Gasteiger partial charge on any atom is 0.416 e. The molecule has 0 bridgehead atoms. The van der Waals surface area contributed by atoms with Crippen molar-refractivity contribution in [3.63, 3.8) is 0 Å². The molecule has 1 aromatic carbocycles. The average Bonchev–Trinajstić information content (AvgIpc) is 2.83. The van der Waals surface area contributed by atoms with Crippen LogP contribution in [0.1, 0.15) is 54.0 Å². The van der Waals surface area contributed by atoms with E-state index >= 15 is 0 Å². The van der Waals surface area contributed by atoms with Crippen molar-refractivity contribution in [1.29, 1.82) is 0 Å². The predicted molar refractivity (Wildman–Crippen MR) is 89.0 cm³/mol. The molecule has 0 radical (unpaired) electrons. The molecule has 1 aromatic heterocycles. The Morgan fingerprint density at radius 1 is 1.24 bits per heavy atom. The number of nitrogens with zero attached hydrogens (tertiary/aromatic N) is 2. The van der Waals surface area contributed by atoms with Gasteiger partial charge in [-0.1, -0.05) is 32.9 Å². The Hall–Kier alpha value is -2.51. The third kappa shape index (κ3) is 3.62. The maximum atomic E-state index is 12.8. The third-order valence-electron chi connectivity index (χ3n) is 4.08. The van der Waals surface area contributed by atoms with Crippen LogP contribution in [-0.4, -0.2) is 15.7 Å². The summed E-state index contributed by atoms with van der Waals surface area (Å²) in [6.45, 7) is 5.62. The maximum absolute atomic E-state index is 12.8. The summed E-state index contributed by atoms with van der Waals surface area (Å²) >= 11 is 0. The molecular formula is C17H21F3N4O. The van der Waals surface area contributed by atoms with Gasteiger partial charge in [-0.2, -0.15) is 18.3 Å². The number of benzene rings is 1. The van der Waals surface area contributed by atoms with E-state index in [2.05, 4.69) is 5.10 Å². The number of carbonyl (C=O) groups is 1. The van der Waals surface area contributed by atoms with Crippen molar-refractivity contribution in [1.82, 2.24) is 9.78 Å². The number of amides is 1. The minimum Gasteiger partial charge on any atom is -0.383 e. The van der Waals surface area contributed by atoms with Crippen LogP contribution in [0.5, 0.6) is 0 Å². The molecule has 2 aromatic rings. The van der Waals surface area contributed by atoms with Crippen LogP contribution in [0.3, 0.4) is 0 Å². The van der Waals surface area contributed by atoms with Crippen molar-refractivity contribution in [3.8, 4) is 0 Å². The summed E-state index contributed by atoms with van der Waals surface area (Å²) < 4.78 is 39.8. The number of nitrogen functional groups attached to an aromatic ring is 1. The number of alkyl halides is 3. The van der Waals surface area contributed by atoms with E-state index in [1.165, 1.54) is 16.8 Å². The van der Waals surface area contributed by atoms with Crippen LogP contribution in [-0.2, 0) is 12.6 Å². The fourth-order valence-corrected chi connectivity index (χ4v) is 2.90. The van der Waals surface area contributed by atoms with E-state index in [1.807, 2.05) is 20.8 Å². The van der Waals surface area contributed by atoms with Gasteiger partial charge < -0.3 is 11.5 Å². The summed E-state index contributed by atoms with van der Waals surface area (Å²) in [5.41, 5.74) is 12.0. The van der Waals surface area contributed by atoms with Crippen LogP contribution in [0, 0.1) is 5.92 Å². The Balaban J connectivity index is 2.55. The number of rotatable bonds is 5. The third-order valence-corrected chi connectivity index (χ3v) is 4.08. The second-order valence-corrected chi connectivity index (χ2v) is 6.18. The van der Waals surface area contributed by atoms with Crippen molar-refractivity contribution in [2.75, 3.05) is 5.73 Å². The molecule has 4 N–H and O–H groups in total. The highest BCUT2D eigenvalue weighted by molar-refractivity contribution is 5.98. The van der Waals surface area contributed by atoms with Gasteiger partial charge in [-0.05, 0) is 30.0 Å². The van der Waals surface area contributed by atoms with Crippen LogP contribution in [0.2, 0.25) is 0 Å². The summed E-state index contributed by atoms with van der Waals surface area (Å²) in [6.07, 6.45) is -3.93. The molecule has 0 fully saturated rings. The van der Waals surface area contributed by atoms with E-state index in [1.54, 1.807) is 0 Å². The van der Waals surface area contributed by atoms with Gasteiger partial charge in [-0.15, -0.1) is 0 Å². The molecule has 136 valence electrons. The molecule has 1 atom stereocenters. The second-order valence-electron chi connectivity index (χ2n) is 6.18. The van der Waals surface area contributed by atoms with Gasteiger partial charge >= 0.3 is 6.18 Å². The number of hydrogen-bond donors (Lipinski definition) is 2. The highest BCUT2D eigenvalue weighted by Gasteiger charge is 2.31. The van der Waals surface area contributed by atoms with E-state index in [0.717, 1.165) is 12.1 Å². The number of carbonyl (C=O) groups excluding carboxylic acids is 1. The number of aromatic nitrogens is 2. The van der Waals surface area contributed by atoms with Gasteiger partial charge in [0.25, 0.3) is 5.91 Å². The Labute approximate surface area is 143 Å². The van der Waals surface area contributed by atoms with Gasteiger partial charge in [0.2, 0.25) is 0 Å². The number of halogens is 3. The zero-order valence-corrected chi connectivity index (χ0v) is 14.3. The molecule has 0 aliphatic carbocycles. The van der Waals surface area contributed by atoms with Crippen LogP contribution in [0.4, 0.5) is 19.0 Å². The SMILES string of the molecule is CCc1nn(C(c2ccc(C(F)(F)F)cc2)C(C)C)c(N)c1C(N)=O. The Morgan fingerprint density at radius 3 is 2.16 bits per heavy atom. The number of nitrogens with two attached hydrogens (primary N) is 2. The molecule has 1 unspecified atom stereocenters. The summed E-state index contributed by atoms with van der Waals surface area (Å²) in [6, 6.07) is 4.45.